The number of nitrogens with two attached hydrogens (primary N) is 1. The number of carboxylic acids is 1. The van der Waals surface area contributed by atoms with Gasteiger partial charge < -0.3 is 20.5 Å². The third kappa shape index (κ3) is 3.83. The Balaban J connectivity index is 1.64. The van der Waals surface area contributed by atoms with E-state index in [0.717, 1.165) is 0 Å². The van der Waals surface area contributed by atoms with Gasteiger partial charge in [-0.1, -0.05) is 0 Å². The standard InChI is InChI=1S/C19H18N2O5/c20-17(22)12-1-5-15(6-2-12)26-16-7-3-13(4-8-16)18(23)21-10-9-14(11-21)19(24)25/h1-8,14H,9-11H2,(H2,20,22)(H,24,25)/t14-/m0/s1. The van der Waals surface area contributed by atoms with Crippen molar-refractivity contribution in [3.8, 4) is 11.5 Å². The lowest BCUT2D eigenvalue weighted by atomic mass is 10.1. The van der Waals surface area contributed by atoms with E-state index in [-0.39, 0.29) is 12.5 Å². The number of likely N-dealkylation sites (tertiary alicyclic amines) is 1. The van der Waals surface area contributed by atoms with E-state index >= 15 is 0 Å². The second-order valence-electron chi connectivity index (χ2n) is 6.09. The number of carbonyl (C=O) groups is 3. The normalized spacial score (nSPS) is 16.3. The van der Waals surface area contributed by atoms with Crippen LogP contribution in [0.5, 0.6) is 11.5 Å². The third-order valence-corrected chi connectivity index (χ3v) is 4.30. The first-order valence-electron chi connectivity index (χ1n) is 8.14. The molecule has 1 aliphatic heterocycles. The molecule has 134 valence electrons. The molecule has 1 aliphatic rings. The molecule has 0 unspecified atom stereocenters. The minimum Gasteiger partial charge on any atom is -0.481 e. The number of nitrogens with zero attached hydrogens (tertiary/aromatic N) is 1. The summed E-state index contributed by atoms with van der Waals surface area (Å²) in [5.41, 5.74) is 6.06. The van der Waals surface area contributed by atoms with Gasteiger partial charge in [0.05, 0.1) is 5.92 Å². The van der Waals surface area contributed by atoms with E-state index in [4.69, 9.17) is 15.6 Å². The average Bonchev–Trinajstić information content (AvgIpc) is 3.13. The quantitative estimate of drug-likeness (QED) is 0.855. The van der Waals surface area contributed by atoms with E-state index in [0.29, 0.717) is 35.6 Å². The van der Waals surface area contributed by atoms with Gasteiger partial charge >= 0.3 is 5.97 Å². The topological polar surface area (TPSA) is 110 Å². The summed E-state index contributed by atoms with van der Waals surface area (Å²) in [5.74, 6) is -0.981. The van der Waals surface area contributed by atoms with Crippen molar-refractivity contribution in [3.05, 3.63) is 59.7 Å². The second-order valence-corrected chi connectivity index (χ2v) is 6.09. The molecule has 3 rings (SSSR count). The van der Waals surface area contributed by atoms with Crippen LogP contribution in [-0.4, -0.2) is 40.9 Å². The van der Waals surface area contributed by atoms with Crippen molar-refractivity contribution in [2.24, 2.45) is 11.7 Å². The average molecular weight is 354 g/mol. The highest BCUT2D eigenvalue weighted by Gasteiger charge is 2.31. The molecule has 1 heterocycles. The summed E-state index contributed by atoms with van der Waals surface area (Å²) < 4.78 is 5.67. The minimum atomic E-state index is -0.869. The number of rotatable bonds is 5. The van der Waals surface area contributed by atoms with Gasteiger partial charge in [0.15, 0.2) is 0 Å². The fraction of sp³-hybridized carbons (Fsp3) is 0.211. The maximum Gasteiger partial charge on any atom is 0.308 e. The van der Waals surface area contributed by atoms with Crippen LogP contribution in [0, 0.1) is 5.92 Å². The molecular weight excluding hydrogens is 336 g/mol. The van der Waals surface area contributed by atoms with E-state index in [2.05, 4.69) is 0 Å². The summed E-state index contributed by atoms with van der Waals surface area (Å²) in [6, 6.07) is 13.0. The van der Waals surface area contributed by atoms with Gasteiger partial charge in [0.1, 0.15) is 11.5 Å². The first kappa shape index (κ1) is 17.5. The fourth-order valence-electron chi connectivity index (χ4n) is 2.82. The van der Waals surface area contributed by atoms with Crippen LogP contribution in [0.15, 0.2) is 48.5 Å². The highest BCUT2D eigenvalue weighted by Crippen LogP contribution is 2.24. The Bertz CT molecular complexity index is 830. The molecule has 2 amide bonds. The molecule has 0 saturated carbocycles. The van der Waals surface area contributed by atoms with Crippen LogP contribution in [0.4, 0.5) is 0 Å². The lowest BCUT2D eigenvalue weighted by molar-refractivity contribution is -0.141. The predicted octanol–water partition coefficient (Wildman–Crippen LogP) is 2.12. The fourth-order valence-corrected chi connectivity index (χ4v) is 2.82. The molecule has 0 bridgehead atoms. The summed E-state index contributed by atoms with van der Waals surface area (Å²) in [6.07, 6.45) is 0.476. The van der Waals surface area contributed by atoms with E-state index in [1.807, 2.05) is 0 Å². The number of benzene rings is 2. The van der Waals surface area contributed by atoms with Gasteiger partial charge in [-0.15, -0.1) is 0 Å². The van der Waals surface area contributed by atoms with Gasteiger partial charge in [-0.2, -0.15) is 0 Å². The first-order valence-corrected chi connectivity index (χ1v) is 8.14. The monoisotopic (exact) mass is 354 g/mol. The van der Waals surface area contributed by atoms with Gasteiger partial charge in [0.2, 0.25) is 5.91 Å². The van der Waals surface area contributed by atoms with E-state index in [9.17, 15) is 14.4 Å². The highest BCUT2D eigenvalue weighted by molar-refractivity contribution is 5.95. The van der Waals surface area contributed by atoms with Crippen molar-refractivity contribution in [2.75, 3.05) is 13.1 Å². The maximum absolute atomic E-state index is 12.4. The second kappa shape index (κ2) is 7.26. The van der Waals surface area contributed by atoms with E-state index in [1.54, 1.807) is 53.4 Å². The molecule has 2 aromatic carbocycles. The zero-order valence-corrected chi connectivity index (χ0v) is 13.9. The van der Waals surface area contributed by atoms with Crippen LogP contribution >= 0.6 is 0 Å². The van der Waals surface area contributed by atoms with Crippen molar-refractivity contribution in [2.45, 2.75) is 6.42 Å². The van der Waals surface area contributed by atoms with Crippen LogP contribution in [0.1, 0.15) is 27.1 Å². The van der Waals surface area contributed by atoms with Gasteiger partial charge in [-0.05, 0) is 55.0 Å². The number of hydrogen-bond acceptors (Lipinski definition) is 4. The summed E-state index contributed by atoms with van der Waals surface area (Å²) >= 11 is 0. The number of amides is 2. The maximum atomic E-state index is 12.4. The smallest absolute Gasteiger partial charge is 0.308 e. The Morgan fingerprint density at radius 2 is 1.50 bits per heavy atom. The van der Waals surface area contributed by atoms with Crippen LogP contribution in [-0.2, 0) is 4.79 Å². The van der Waals surface area contributed by atoms with Crippen LogP contribution in [0.3, 0.4) is 0 Å². The van der Waals surface area contributed by atoms with E-state index < -0.39 is 17.8 Å². The molecule has 26 heavy (non-hydrogen) atoms. The number of ether oxygens (including phenoxy) is 1. The van der Waals surface area contributed by atoms with Crippen molar-refractivity contribution < 1.29 is 24.2 Å². The number of carbonyl (C=O) groups excluding carboxylic acids is 2. The molecular formula is C19H18N2O5. The summed E-state index contributed by atoms with van der Waals surface area (Å²) in [4.78, 5) is 36.0. The predicted molar refractivity (Wildman–Crippen MR) is 93.1 cm³/mol. The van der Waals surface area contributed by atoms with Gasteiger partial charge in [-0.3, -0.25) is 14.4 Å². The summed E-state index contributed by atoms with van der Waals surface area (Å²) in [6.45, 7) is 0.679. The molecule has 0 radical (unpaired) electrons. The highest BCUT2D eigenvalue weighted by atomic mass is 16.5. The Labute approximate surface area is 150 Å². The van der Waals surface area contributed by atoms with Gasteiger partial charge in [-0.25, -0.2) is 0 Å². The number of hydrogen-bond donors (Lipinski definition) is 2. The SMILES string of the molecule is NC(=O)c1ccc(Oc2ccc(C(=O)N3CC[C@H](C(=O)O)C3)cc2)cc1. The Morgan fingerprint density at radius 3 is 1.96 bits per heavy atom. The summed E-state index contributed by atoms with van der Waals surface area (Å²) in [7, 11) is 0. The molecule has 7 heteroatoms. The number of primary amides is 1. The third-order valence-electron chi connectivity index (χ3n) is 4.30. The minimum absolute atomic E-state index is 0.189. The molecule has 3 N–H and O–H groups in total. The molecule has 0 aliphatic carbocycles. The first-order chi connectivity index (χ1) is 12.4. The lowest BCUT2D eigenvalue weighted by Gasteiger charge is -2.16. The van der Waals surface area contributed by atoms with Crippen molar-refractivity contribution in [3.63, 3.8) is 0 Å². The van der Waals surface area contributed by atoms with Crippen molar-refractivity contribution in [1.29, 1.82) is 0 Å². The molecule has 1 atom stereocenters. The molecule has 1 saturated heterocycles. The molecule has 0 aromatic heterocycles. The van der Waals surface area contributed by atoms with Gasteiger partial charge in [0, 0.05) is 24.2 Å². The Morgan fingerprint density at radius 1 is 0.962 bits per heavy atom. The molecule has 0 spiro atoms. The van der Waals surface area contributed by atoms with Crippen molar-refractivity contribution >= 4 is 17.8 Å². The Hall–Kier alpha value is -3.35. The zero-order chi connectivity index (χ0) is 18.7. The number of aliphatic carboxylic acids is 1. The van der Waals surface area contributed by atoms with Crippen LogP contribution in [0.2, 0.25) is 0 Å². The molecule has 7 nitrogen and oxygen atoms in total. The summed E-state index contributed by atoms with van der Waals surface area (Å²) in [5, 5.41) is 9.03. The largest absolute Gasteiger partial charge is 0.481 e. The van der Waals surface area contributed by atoms with E-state index in [1.165, 1.54) is 0 Å². The van der Waals surface area contributed by atoms with Gasteiger partial charge in [0.25, 0.3) is 5.91 Å². The molecule has 2 aromatic rings. The number of carboxylic acid groups (broad SMARTS) is 1. The van der Waals surface area contributed by atoms with Crippen LogP contribution in [0.25, 0.3) is 0 Å². The van der Waals surface area contributed by atoms with Crippen LogP contribution < -0.4 is 10.5 Å². The lowest BCUT2D eigenvalue weighted by Crippen LogP contribution is -2.29. The molecule has 1 fully saturated rings. The van der Waals surface area contributed by atoms with Crippen molar-refractivity contribution in [1.82, 2.24) is 4.90 Å². The Kier molecular flexibility index (Phi) is 4.88. The zero-order valence-electron chi connectivity index (χ0n) is 13.9.